The van der Waals surface area contributed by atoms with Gasteiger partial charge in [0.1, 0.15) is 0 Å². The number of hydrogen-bond donors (Lipinski definition) is 1. The van der Waals surface area contributed by atoms with E-state index in [0.717, 1.165) is 12.5 Å². The average Bonchev–Trinajstić information content (AvgIpc) is 2.78. The third-order valence-electron chi connectivity index (χ3n) is 5.29. The van der Waals surface area contributed by atoms with Crippen LogP contribution >= 0.6 is 11.8 Å². The molecule has 0 amide bonds. The van der Waals surface area contributed by atoms with E-state index in [1.54, 1.807) is 11.1 Å². The van der Waals surface area contributed by atoms with E-state index in [9.17, 15) is 5.11 Å². The largest absolute Gasteiger partial charge is 0.395 e. The number of hydrogen-bond acceptors (Lipinski definition) is 3. The number of nitrogens with zero attached hydrogens (tertiary/aromatic N) is 1. The normalized spacial score (nSPS) is 23.3. The molecule has 1 aromatic rings. The molecule has 1 aromatic carbocycles. The summed E-state index contributed by atoms with van der Waals surface area (Å²) in [6.45, 7) is 2.34. The molecular formula is C19H29NOS. The van der Waals surface area contributed by atoms with Crippen LogP contribution in [0.3, 0.4) is 0 Å². The predicted octanol–water partition coefficient (Wildman–Crippen LogP) is 3.37. The Morgan fingerprint density at radius 3 is 2.41 bits per heavy atom. The number of aliphatic hydroxyl groups is 1. The minimum absolute atomic E-state index is 0.300. The summed E-state index contributed by atoms with van der Waals surface area (Å²) in [4.78, 5) is 2.59. The molecule has 1 fully saturated rings. The maximum Gasteiger partial charge on any atom is 0.0558 e. The summed E-state index contributed by atoms with van der Waals surface area (Å²) in [6.07, 6.45) is 7.73. The Morgan fingerprint density at radius 1 is 1.09 bits per heavy atom. The minimum Gasteiger partial charge on any atom is -0.395 e. The first-order valence-corrected chi connectivity index (χ1v) is 10.0. The molecule has 1 atom stereocenters. The van der Waals surface area contributed by atoms with Crippen molar-refractivity contribution in [3.63, 3.8) is 0 Å². The van der Waals surface area contributed by atoms with Gasteiger partial charge in [-0.3, -0.25) is 4.90 Å². The van der Waals surface area contributed by atoms with Crippen LogP contribution < -0.4 is 0 Å². The second kappa shape index (κ2) is 8.37. The Kier molecular flexibility index (Phi) is 6.22. The lowest BCUT2D eigenvalue weighted by molar-refractivity contribution is 0.128. The number of fused-ring (bicyclic) bond motifs is 1. The van der Waals surface area contributed by atoms with Gasteiger partial charge in [-0.1, -0.05) is 24.3 Å². The number of aliphatic hydroxyl groups excluding tert-OH is 1. The molecule has 1 saturated heterocycles. The quantitative estimate of drug-likeness (QED) is 0.842. The van der Waals surface area contributed by atoms with Crippen LogP contribution in [0.5, 0.6) is 0 Å². The van der Waals surface area contributed by atoms with Crippen molar-refractivity contribution in [2.75, 3.05) is 31.2 Å². The van der Waals surface area contributed by atoms with E-state index >= 15 is 0 Å². The lowest BCUT2D eigenvalue weighted by Gasteiger charge is -2.36. The van der Waals surface area contributed by atoms with Crippen molar-refractivity contribution < 1.29 is 5.11 Å². The van der Waals surface area contributed by atoms with Gasteiger partial charge in [0.15, 0.2) is 0 Å². The van der Waals surface area contributed by atoms with E-state index in [0.29, 0.717) is 12.6 Å². The smallest absolute Gasteiger partial charge is 0.0558 e. The molecule has 1 unspecified atom stereocenters. The first-order chi connectivity index (χ1) is 10.9. The summed E-state index contributed by atoms with van der Waals surface area (Å²) in [7, 11) is 0. The van der Waals surface area contributed by atoms with Gasteiger partial charge in [0.25, 0.3) is 0 Å². The lowest BCUT2D eigenvalue weighted by Crippen LogP contribution is -2.43. The van der Waals surface area contributed by atoms with Crippen molar-refractivity contribution in [2.24, 2.45) is 5.92 Å². The highest BCUT2D eigenvalue weighted by Gasteiger charge is 2.25. The van der Waals surface area contributed by atoms with Crippen molar-refractivity contribution in [2.45, 2.75) is 44.6 Å². The zero-order chi connectivity index (χ0) is 15.2. The number of rotatable bonds is 5. The van der Waals surface area contributed by atoms with Gasteiger partial charge in [-0.25, -0.2) is 0 Å². The van der Waals surface area contributed by atoms with E-state index in [4.69, 9.17) is 0 Å². The Bertz CT molecular complexity index is 432. The van der Waals surface area contributed by atoms with E-state index in [2.05, 4.69) is 40.9 Å². The molecule has 22 heavy (non-hydrogen) atoms. The van der Waals surface area contributed by atoms with Crippen molar-refractivity contribution >= 4 is 11.8 Å². The average molecular weight is 320 g/mol. The highest BCUT2D eigenvalue weighted by Crippen LogP contribution is 2.27. The summed E-state index contributed by atoms with van der Waals surface area (Å²) in [5.41, 5.74) is 3.12. The maximum absolute atomic E-state index is 9.45. The molecule has 122 valence electrons. The molecule has 1 N–H and O–H groups in total. The SMILES string of the molecule is OCCN(CC1CCc2ccccc2CC1)C1CCCSC1. The fraction of sp³-hybridized carbons (Fsp3) is 0.684. The zero-order valence-corrected chi connectivity index (χ0v) is 14.4. The highest BCUT2D eigenvalue weighted by molar-refractivity contribution is 7.99. The molecule has 1 aliphatic carbocycles. The Balaban J connectivity index is 1.59. The molecule has 3 rings (SSSR count). The molecule has 0 saturated carbocycles. The number of benzene rings is 1. The van der Waals surface area contributed by atoms with Gasteiger partial charge in [-0.05, 0) is 61.3 Å². The van der Waals surface area contributed by atoms with E-state index in [1.165, 1.54) is 56.6 Å². The first kappa shape index (κ1) is 16.4. The fourth-order valence-electron chi connectivity index (χ4n) is 3.99. The summed E-state index contributed by atoms with van der Waals surface area (Å²) in [6, 6.07) is 9.66. The monoisotopic (exact) mass is 319 g/mol. The van der Waals surface area contributed by atoms with Gasteiger partial charge in [0.05, 0.1) is 6.61 Å². The van der Waals surface area contributed by atoms with Gasteiger partial charge in [0.2, 0.25) is 0 Å². The van der Waals surface area contributed by atoms with E-state index in [1.807, 2.05) is 0 Å². The summed E-state index contributed by atoms with van der Waals surface area (Å²) < 4.78 is 0. The second-order valence-corrected chi connectivity index (χ2v) is 7.95. The predicted molar refractivity (Wildman–Crippen MR) is 95.6 cm³/mol. The topological polar surface area (TPSA) is 23.5 Å². The third-order valence-corrected chi connectivity index (χ3v) is 6.49. The standard InChI is InChI=1S/C19H29NOS/c21-12-11-20(19-6-3-13-22-15-19)14-16-7-9-17-4-1-2-5-18(17)10-8-16/h1-2,4-5,16,19,21H,3,6-15H2. The van der Waals surface area contributed by atoms with Gasteiger partial charge >= 0.3 is 0 Å². The Morgan fingerprint density at radius 2 is 1.82 bits per heavy atom. The van der Waals surface area contributed by atoms with Crippen molar-refractivity contribution in [1.29, 1.82) is 0 Å². The van der Waals surface area contributed by atoms with Crippen LogP contribution in [0.15, 0.2) is 24.3 Å². The van der Waals surface area contributed by atoms with Crippen molar-refractivity contribution in [1.82, 2.24) is 4.90 Å². The summed E-state index contributed by atoms with van der Waals surface area (Å²) in [5, 5.41) is 9.45. The molecule has 2 nitrogen and oxygen atoms in total. The first-order valence-electron chi connectivity index (χ1n) is 8.86. The number of aryl methyl sites for hydroxylation is 2. The minimum atomic E-state index is 0.300. The van der Waals surface area contributed by atoms with Gasteiger partial charge in [-0.2, -0.15) is 11.8 Å². The number of thioether (sulfide) groups is 1. The highest BCUT2D eigenvalue weighted by atomic mass is 32.2. The molecule has 3 heteroatoms. The zero-order valence-electron chi connectivity index (χ0n) is 13.5. The van der Waals surface area contributed by atoms with Crippen molar-refractivity contribution in [3.8, 4) is 0 Å². The van der Waals surface area contributed by atoms with Crippen LogP contribution in [0.1, 0.15) is 36.8 Å². The molecule has 0 spiro atoms. The maximum atomic E-state index is 9.45. The van der Waals surface area contributed by atoms with E-state index < -0.39 is 0 Å². The van der Waals surface area contributed by atoms with Crippen molar-refractivity contribution in [3.05, 3.63) is 35.4 Å². The Labute approximate surface area is 139 Å². The van der Waals surface area contributed by atoms with Gasteiger partial charge in [-0.15, -0.1) is 0 Å². The van der Waals surface area contributed by atoms with E-state index in [-0.39, 0.29) is 0 Å². The van der Waals surface area contributed by atoms with Gasteiger partial charge in [0, 0.05) is 24.9 Å². The van der Waals surface area contributed by atoms with Crippen LogP contribution in [0.25, 0.3) is 0 Å². The lowest BCUT2D eigenvalue weighted by atomic mass is 9.97. The van der Waals surface area contributed by atoms with Crippen LogP contribution in [0.4, 0.5) is 0 Å². The van der Waals surface area contributed by atoms with Crippen LogP contribution in [0.2, 0.25) is 0 Å². The summed E-state index contributed by atoms with van der Waals surface area (Å²) >= 11 is 2.09. The summed E-state index contributed by atoms with van der Waals surface area (Å²) in [5.74, 6) is 3.36. The fourth-order valence-corrected chi connectivity index (χ4v) is 5.17. The molecule has 1 aliphatic heterocycles. The molecule has 0 radical (unpaired) electrons. The molecule has 0 aromatic heterocycles. The van der Waals surface area contributed by atoms with Crippen LogP contribution in [0, 0.1) is 5.92 Å². The second-order valence-electron chi connectivity index (χ2n) is 6.80. The third kappa shape index (κ3) is 4.27. The van der Waals surface area contributed by atoms with Gasteiger partial charge < -0.3 is 5.11 Å². The Hall–Kier alpha value is -0.510. The molecular weight excluding hydrogens is 290 g/mol. The molecule has 1 heterocycles. The molecule has 0 bridgehead atoms. The van der Waals surface area contributed by atoms with Crippen LogP contribution in [-0.2, 0) is 12.8 Å². The van der Waals surface area contributed by atoms with Crippen LogP contribution in [-0.4, -0.2) is 47.3 Å². The molecule has 2 aliphatic rings.